The Morgan fingerprint density at radius 3 is 2.81 bits per heavy atom. The number of aryl methyl sites for hydroxylation is 1. The Morgan fingerprint density at radius 2 is 2.10 bits per heavy atom. The zero-order valence-electron chi connectivity index (χ0n) is 16.5. The fourth-order valence-corrected chi connectivity index (χ4v) is 4.33. The predicted octanol–water partition coefficient (Wildman–Crippen LogP) is 0.678. The fourth-order valence-electron chi connectivity index (χ4n) is 3.40. The highest BCUT2D eigenvalue weighted by Gasteiger charge is 2.24. The number of carbonyl (C=O) groups excluding carboxylic acids is 1. The van der Waals surface area contributed by atoms with Crippen molar-refractivity contribution >= 4 is 40.9 Å². The number of hydrogen-bond donors (Lipinski definition) is 6. The van der Waals surface area contributed by atoms with Gasteiger partial charge >= 0.3 is 11.9 Å². The number of H-pyrrole nitrogens is 1. The van der Waals surface area contributed by atoms with E-state index < -0.39 is 23.9 Å². The van der Waals surface area contributed by atoms with Crippen LogP contribution < -0.4 is 21.9 Å². The van der Waals surface area contributed by atoms with Crippen LogP contribution in [0.1, 0.15) is 39.4 Å². The second-order valence-corrected chi connectivity index (χ2v) is 8.50. The number of anilines is 2. The maximum absolute atomic E-state index is 12.3. The summed E-state index contributed by atoms with van der Waals surface area (Å²) in [4.78, 5) is 54.2. The SMILES string of the molecule is Nc1nc(=O)c2c([nH]1)NC[C@H](CCc1ccc(C(=O)N[C@@H](CCC(=O)O)C(=O)O)s1)C2. The topological polar surface area (TPSA) is 187 Å². The first-order chi connectivity index (χ1) is 14.7. The molecule has 2 atom stereocenters. The van der Waals surface area contributed by atoms with Crippen LogP contribution in [-0.4, -0.2) is 50.6 Å². The van der Waals surface area contributed by atoms with Gasteiger partial charge in [0.05, 0.1) is 10.4 Å². The lowest BCUT2D eigenvalue weighted by molar-refractivity contribution is -0.140. The Kier molecular flexibility index (Phi) is 6.90. The average molecular weight is 449 g/mol. The van der Waals surface area contributed by atoms with Gasteiger partial charge in [0.2, 0.25) is 5.95 Å². The summed E-state index contributed by atoms with van der Waals surface area (Å²) in [6.45, 7) is 0.676. The van der Waals surface area contributed by atoms with Gasteiger partial charge in [-0.25, -0.2) is 4.79 Å². The van der Waals surface area contributed by atoms with Gasteiger partial charge in [-0.3, -0.25) is 14.4 Å². The number of carbonyl (C=O) groups is 3. The van der Waals surface area contributed by atoms with Crippen LogP contribution in [0.2, 0.25) is 0 Å². The van der Waals surface area contributed by atoms with Crippen LogP contribution >= 0.6 is 11.3 Å². The maximum atomic E-state index is 12.3. The molecule has 1 amide bonds. The summed E-state index contributed by atoms with van der Waals surface area (Å²) in [6.07, 6.45) is 1.52. The van der Waals surface area contributed by atoms with E-state index in [1.807, 2.05) is 6.07 Å². The number of nitrogens with one attached hydrogen (secondary N) is 3. The molecule has 2 aromatic heterocycles. The molecule has 1 aliphatic rings. The lowest BCUT2D eigenvalue weighted by atomic mass is 9.92. The molecular formula is C19H23N5O6S. The molecule has 31 heavy (non-hydrogen) atoms. The molecule has 0 bridgehead atoms. The van der Waals surface area contributed by atoms with Crippen LogP contribution in [0.5, 0.6) is 0 Å². The Bertz CT molecular complexity index is 1050. The number of aromatic nitrogens is 2. The Labute approximate surface area is 180 Å². The highest BCUT2D eigenvalue weighted by molar-refractivity contribution is 7.14. The second-order valence-electron chi connectivity index (χ2n) is 7.33. The number of aromatic amines is 1. The van der Waals surface area contributed by atoms with Crippen molar-refractivity contribution in [3.8, 4) is 0 Å². The zero-order chi connectivity index (χ0) is 22.5. The van der Waals surface area contributed by atoms with E-state index >= 15 is 0 Å². The molecule has 0 aliphatic carbocycles. The number of aliphatic carboxylic acids is 2. The number of carboxylic acids is 2. The van der Waals surface area contributed by atoms with Gasteiger partial charge in [-0.05, 0) is 43.7 Å². The van der Waals surface area contributed by atoms with Gasteiger partial charge in [0, 0.05) is 17.8 Å². The largest absolute Gasteiger partial charge is 0.481 e. The van der Waals surface area contributed by atoms with Crippen molar-refractivity contribution in [3.05, 3.63) is 37.8 Å². The third-order valence-electron chi connectivity index (χ3n) is 5.03. The molecule has 0 spiro atoms. The first-order valence-corrected chi connectivity index (χ1v) is 10.5. The van der Waals surface area contributed by atoms with E-state index in [9.17, 15) is 24.3 Å². The average Bonchev–Trinajstić information content (AvgIpc) is 3.18. The minimum atomic E-state index is -1.28. The van der Waals surface area contributed by atoms with Gasteiger partial charge in [0.25, 0.3) is 11.5 Å². The highest BCUT2D eigenvalue weighted by Crippen LogP contribution is 2.25. The molecule has 7 N–H and O–H groups in total. The van der Waals surface area contributed by atoms with Crippen molar-refractivity contribution in [2.45, 2.75) is 38.1 Å². The molecule has 12 heteroatoms. The summed E-state index contributed by atoms with van der Waals surface area (Å²) in [5.41, 5.74) is 5.80. The molecule has 0 unspecified atom stereocenters. The zero-order valence-corrected chi connectivity index (χ0v) is 17.3. The quantitative estimate of drug-likeness (QED) is 0.320. The van der Waals surface area contributed by atoms with Gasteiger partial charge in [-0.1, -0.05) is 0 Å². The first kappa shape index (κ1) is 22.3. The second kappa shape index (κ2) is 9.60. The summed E-state index contributed by atoms with van der Waals surface area (Å²) < 4.78 is 0. The van der Waals surface area contributed by atoms with E-state index in [2.05, 4.69) is 20.6 Å². The van der Waals surface area contributed by atoms with Crippen LogP contribution in [0.4, 0.5) is 11.8 Å². The summed E-state index contributed by atoms with van der Waals surface area (Å²) in [7, 11) is 0. The number of rotatable bonds is 9. The van der Waals surface area contributed by atoms with Gasteiger partial charge in [0.1, 0.15) is 11.9 Å². The third kappa shape index (κ3) is 5.81. The molecule has 1 aliphatic heterocycles. The number of nitrogens with two attached hydrogens (primary N) is 1. The Morgan fingerprint density at radius 1 is 1.32 bits per heavy atom. The minimum absolute atomic E-state index is 0.0761. The molecule has 2 aromatic rings. The molecule has 0 aromatic carbocycles. The van der Waals surface area contributed by atoms with Crippen molar-refractivity contribution in [1.29, 1.82) is 0 Å². The van der Waals surface area contributed by atoms with Gasteiger partial charge in [-0.15, -0.1) is 11.3 Å². The van der Waals surface area contributed by atoms with E-state index in [1.54, 1.807) is 6.07 Å². The molecule has 0 fully saturated rings. The first-order valence-electron chi connectivity index (χ1n) is 9.69. The van der Waals surface area contributed by atoms with Crippen LogP contribution in [0, 0.1) is 5.92 Å². The lowest BCUT2D eigenvalue weighted by Crippen LogP contribution is -2.40. The van der Waals surface area contributed by atoms with Gasteiger partial charge in [-0.2, -0.15) is 4.98 Å². The van der Waals surface area contributed by atoms with Gasteiger partial charge < -0.3 is 31.6 Å². The van der Waals surface area contributed by atoms with Crippen molar-refractivity contribution in [3.63, 3.8) is 0 Å². The van der Waals surface area contributed by atoms with E-state index in [1.165, 1.54) is 11.3 Å². The molecule has 0 radical (unpaired) electrons. The summed E-state index contributed by atoms with van der Waals surface area (Å²) in [5.74, 6) is -2.04. The number of thiophene rings is 1. The molecule has 11 nitrogen and oxygen atoms in total. The van der Waals surface area contributed by atoms with Crippen molar-refractivity contribution < 1.29 is 24.6 Å². The molecule has 3 rings (SSSR count). The normalized spacial score (nSPS) is 16.1. The lowest BCUT2D eigenvalue weighted by Gasteiger charge is -2.25. The number of fused-ring (bicyclic) bond motifs is 1. The maximum Gasteiger partial charge on any atom is 0.326 e. The van der Waals surface area contributed by atoms with E-state index in [-0.39, 0.29) is 30.3 Å². The van der Waals surface area contributed by atoms with Crippen molar-refractivity contribution in [2.75, 3.05) is 17.6 Å². The van der Waals surface area contributed by atoms with Crippen LogP contribution in [0.25, 0.3) is 0 Å². The van der Waals surface area contributed by atoms with E-state index in [0.29, 0.717) is 35.6 Å². The number of hydrogen-bond acceptors (Lipinski definition) is 8. The third-order valence-corrected chi connectivity index (χ3v) is 6.17. The molecule has 0 saturated carbocycles. The summed E-state index contributed by atoms with van der Waals surface area (Å²) in [5, 5.41) is 23.4. The van der Waals surface area contributed by atoms with Crippen LogP contribution in [0.3, 0.4) is 0 Å². The smallest absolute Gasteiger partial charge is 0.326 e. The van der Waals surface area contributed by atoms with Crippen molar-refractivity contribution in [2.24, 2.45) is 5.92 Å². The molecule has 0 saturated heterocycles. The standard InChI is InChI=1S/C19H23N5O6S/c20-19-23-15-11(16(27)24-19)7-9(8-21-15)1-2-10-3-5-13(31-10)17(28)22-12(18(29)30)4-6-14(25)26/h3,5,9,12H,1-2,4,6-8H2,(H,22,28)(H,25,26)(H,29,30)(H4,20,21,23,24,27)/t9-,12+/m1/s1. The Hall–Kier alpha value is -3.41. The van der Waals surface area contributed by atoms with Gasteiger partial charge in [0.15, 0.2) is 0 Å². The van der Waals surface area contributed by atoms with E-state index in [0.717, 1.165) is 11.3 Å². The minimum Gasteiger partial charge on any atom is -0.481 e. The van der Waals surface area contributed by atoms with Crippen LogP contribution in [-0.2, 0) is 22.4 Å². The predicted molar refractivity (Wildman–Crippen MR) is 113 cm³/mol. The highest BCUT2D eigenvalue weighted by atomic mass is 32.1. The monoisotopic (exact) mass is 449 g/mol. The fraction of sp³-hybridized carbons (Fsp3) is 0.421. The number of amides is 1. The number of nitrogen functional groups attached to an aromatic ring is 1. The summed E-state index contributed by atoms with van der Waals surface area (Å²) in [6, 6.07) is 2.17. The summed E-state index contributed by atoms with van der Waals surface area (Å²) >= 11 is 1.26. The molecule has 166 valence electrons. The Balaban J connectivity index is 1.55. The number of carboxylic acid groups (broad SMARTS) is 2. The number of nitrogens with zero attached hydrogens (tertiary/aromatic N) is 1. The van der Waals surface area contributed by atoms with E-state index in [4.69, 9.17) is 10.8 Å². The van der Waals surface area contributed by atoms with Crippen molar-refractivity contribution in [1.82, 2.24) is 15.3 Å². The molecule has 3 heterocycles. The van der Waals surface area contributed by atoms with Crippen LogP contribution in [0.15, 0.2) is 16.9 Å². The molecular weight excluding hydrogens is 426 g/mol.